The van der Waals surface area contributed by atoms with Crippen molar-refractivity contribution >= 4 is 7.60 Å². The summed E-state index contributed by atoms with van der Waals surface area (Å²) in [6.45, 7) is 1.72. The third-order valence-corrected chi connectivity index (χ3v) is 4.60. The first kappa shape index (κ1) is 12.4. The standard InChI is InChI=1S/C10H14FO3P/c1-8(15(12,13-2)14-3)9-4-6-10(11)7-5-9/h4-8H,1-3H3/t8-/m1/s1. The van der Waals surface area contributed by atoms with Gasteiger partial charge in [-0.1, -0.05) is 12.1 Å². The van der Waals surface area contributed by atoms with Crippen molar-refractivity contribution in [2.45, 2.75) is 12.6 Å². The molecule has 15 heavy (non-hydrogen) atoms. The zero-order valence-corrected chi connectivity index (χ0v) is 9.83. The summed E-state index contributed by atoms with van der Waals surface area (Å²) >= 11 is 0. The molecule has 0 aliphatic heterocycles. The molecule has 1 atom stereocenters. The van der Waals surface area contributed by atoms with Crippen LogP contribution in [0.5, 0.6) is 0 Å². The molecule has 0 saturated heterocycles. The molecule has 0 aliphatic carbocycles. The van der Waals surface area contributed by atoms with Crippen LogP contribution >= 0.6 is 7.60 Å². The van der Waals surface area contributed by atoms with Crippen molar-refractivity contribution in [3.8, 4) is 0 Å². The summed E-state index contributed by atoms with van der Waals surface area (Å²) < 4.78 is 34.4. The minimum atomic E-state index is -3.13. The summed E-state index contributed by atoms with van der Waals surface area (Å²) in [5.74, 6) is -0.324. The minimum Gasteiger partial charge on any atom is -0.312 e. The summed E-state index contributed by atoms with van der Waals surface area (Å²) in [4.78, 5) is 0. The van der Waals surface area contributed by atoms with Gasteiger partial charge in [0.05, 0.1) is 5.66 Å². The molecule has 0 radical (unpaired) electrons. The van der Waals surface area contributed by atoms with E-state index in [1.807, 2.05) is 0 Å². The zero-order chi connectivity index (χ0) is 11.5. The monoisotopic (exact) mass is 232 g/mol. The first-order chi connectivity index (χ1) is 7.03. The van der Waals surface area contributed by atoms with Crippen LogP contribution in [0.2, 0.25) is 0 Å². The number of halogens is 1. The SMILES string of the molecule is COP(=O)(OC)[C@H](C)c1ccc(F)cc1. The van der Waals surface area contributed by atoms with Crippen molar-refractivity contribution in [1.29, 1.82) is 0 Å². The number of rotatable bonds is 4. The summed E-state index contributed by atoms with van der Waals surface area (Å²) in [6.07, 6.45) is 0. The highest BCUT2D eigenvalue weighted by Gasteiger charge is 2.31. The van der Waals surface area contributed by atoms with Gasteiger partial charge in [0, 0.05) is 14.2 Å². The minimum absolute atomic E-state index is 0.324. The normalized spacial score (nSPS) is 13.9. The molecule has 1 rings (SSSR count). The number of hydrogen-bond donors (Lipinski definition) is 0. The highest BCUT2D eigenvalue weighted by atomic mass is 31.2. The van der Waals surface area contributed by atoms with Gasteiger partial charge in [-0.3, -0.25) is 4.57 Å². The van der Waals surface area contributed by atoms with E-state index in [0.29, 0.717) is 0 Å². The van der Waals surface area contributed by atoms with Gasteiger partial charge >= 0.3 is 7.60 Å². The molecule has 0 unspecified atom stereocenters. The largest absolute Gasteiger partial charge is 0.337 e. The Morgan fingerprint density at radius 3 is 2.07 bits per heavy atom. The molecule has 1 aromatic rings. The Labute approximate surface area is 88.7 Å². The van der Waals surface area contributed by atoms with Gasteiger partial charge in [0.15, 0.2) is 0 Å². The van der Waals surface area contributed by atoms with Gasteiger partial charge in [-0.15, -0.1) is 0 Å². The van der Waals surface area contributed by atoms with Gasteiger partial charge in [-0.05, 0) is 24.6 Å². The molecule has 0 N–H and O–H groups in total. The lowest BCUT2D eigenvalue weighted by atomic mass is 10.2. The second-order valence-electron chi connectivity index (χ2n) is 3.13. The van der Waals surface area contributed by atoms with E-state index < -0.39 is 13.3 Å². The van der Waals surface area contributed by atoms with Crippen LogP contribution in [-0.4, -0.2) is 14.2 Å². The highest BCUT2D eigenvalue weighted by molar-refractivity contribution is 7.54. The van der Waals surface area contributed by atoms with E-state index >= 15 is 0 Å². The highest BCUT2D eigenvalue weighted by Crippen LogP contribution is 2.59. The summed E-state index contributed by atoms with van der Waals surface area (Å²) in [6, 6.07) is 5.79. The van der Waals surface area contributed by atoms with Gasteiger partial charge in [-0.25, -0.2) is 4.39 Å². The van der Waals surface area contributed by atoms with E-state index in [2.05, 4.69) is 0 Å². The Bertz CT molecular complexity index is 355. The van der Waals surface area contributed by atoms with Crippen molar-refractivity contribution in [3.05, 3.63) is 35.6 Å². The van der Waals surface area contributed by atoms with E-state index in [1.54, 1.807) is 19.1 Å². The van der Waals surface area contributed by atoms with E-state index in [-0.39, 0.29) is 5.82 Å². The maximum atomic E-state index is 12.7. The summed E-state index contributed by atoms with van der Waals surface area (Å²) in [7, 11) is -0.456. The molecule has 0 fully saturated rings. The first-order valence-corrected chi connectivity index (χ1v) is 6.11. The van der Waals surface area contributed by atoms with Gasteiger partial charge in [0.2, 0.25) is 0 Å². The predicted octanol–water partition coefficient (Wildman–Crippen LogP) is 3.37. The fourth-order valence-electron chi connectivity index (χ4n) is 1.31. The third kappa shape index (κ3) is 2.65. The summed E-state index contributed by atoms with van der Waals surface area (Å²) in [5.41, 5.74) is 0.316. The van der Waals surface area contributed by atoms with Gasteiger partial charge in [-0.2, -0.15) is 0 Å². The Morgan fingerprint density at radius 2 is 1.67 bits per heavy atom. The fourth-order valence-corrected chi connectivity index (χ4v) is 2.63. The Hall–Kier alpha value is -0.700. The maximum Gasteiger partial charge on any atom is 0.337 e. The molecular formula is C10H14FO3P. The second kappa shape index (κ2) is 4.88. The van der Waals surface area contributed by atoms with Crippen molar-refractivity contribution in [3.63, 3.8) is 0 Å². The average Bonchev–Trinajstić information content (AvgIpc) is 2.28. The molecule has 0 aliphatic rings. The smallest absolute Gasteiger partial charge is 0.312 e. The summed E-state index contributed by atoms with van der Waals surface area (Å²) in [5, 5.41) is 0. The van der Waals surface area contributed by atoms with Crippen LogP contribution in [0.3, 0.4) is 0 Å². The number of benzene rings is 1. The third-order valence-electron chi connectivity index (χ3n) is 2.34. The Balaban J connectivity index is 2.98. The average molecular weight is 232 g/mol. The van der Waals surface area contributed by atoms with Crippen LogP contribution in [0, 0.1) is 5.82 Å². The molecule has 84 valence electrons. The molecule has 1 aromatic carbocycles. The molecule has 0 heterocycles. The van der Waals surface area contributed by atoms with Gasteiger partial charge in [0.25, 0.3) is 0 Å². The van der Waals surface area contributed by atoms with Crippen molar-refractivity contribution in [1.82, 2.24) is 0 Å². The van der Waals surface area contributed by atoms with Crippen LogP contribution in [0.4, 0.5) is 4.39 Å². The van der Waals surface area contributed by atoms with Crippen LogP contribution in [-0.2, 0) is 13.6 Å². The molecule has 0 amide bonds. The Kier molecular flexibility index (Phi) is 4.03. The second-order valence-corrected chi connectivity index (χ2v) is 5.72. The molecular weight excluding hydrogens is 218 g/mol. The Morgan fingerprint density at radius 1 is 1.20 bits per heavy atom. The fraction of sp³-hybridized carbons (Fsp3) is 0.400. The lowest BCUT2D eigenvalue weighted by molar-refractivity contribution is 0.267. The molecule has 0 spiro atoms. The van der Waals surface area contributed by atoms with E-state index in [0.717, 1.165) is 5.56 Å². The van der Waals surface area contributed by atoms with Crippen molar-refractivity contribution in [2.24, 2.45) is 0 Å². The maximum absolute atomic E-state index is 12.7. The molecule has 0 saturated carbocycles. The zero-order valence-electron chi connectivity index (χ0n) is 8.94. The van der Waals surface area contributed by atoms with Crippen LogP contribution < -0.4 is 0 Å². The van der Waals surface area contributed by atoms with Crippen LogP contribution in [0.15, 0.2) is 24.3 Å². The predicted molar refractivity (Wildman–Crippen MR) is 56.4 cm³/mol. The topological polar surface area (TPSA) is 35.5 Å². The first-order valence-electron chi connectivity index (χ1n) is 4.50. The van der Waals surface area contributed by atoms with E-state index in [1.165, 1.54) is 26.4 Å². The van der Waals surface area contributed by atoms with Gasteiger partial charge in [0.1, 0.15) is 5.82 Å². The molecule has 0 aromatic heterocycles. The van der Waals surface area contributed by atoms with E-state index in [4.69, 9.17) is 9.05 Å². The molecule has 5 heteroatoms. The van der Waals surface area contributed by atoms with Gasteiger partial charge < -0.3 is 9.05 Å². The van der Waals surface area contributed by atoms with Crippen LogP contribution in [0.25, 0.3) is 0 Å². The van der Waals surface area contributed by atoms with Crippen molar-refractivity contribution in [2.75, 3.05) is 14.2 Å². The van der Waals surface area contributed by atoms with E-state index in [9.17, 15) is 8.96 Å². The lowest BCUT2D eigenvalue weighted by Gasteiger charge is -2.20. The molecule has 3 nitrogen and oxygen atoms in total. The number of hydrogen-bond acceptors (Lipinski definition) is 3. The van der Waals surface area contributed by atoms with Crippen LogP contribution in [0.1, 0.15) is 18.1 Å². The quantitative estimate of drug-likeness (QED) is 0.746. The lowest BCUT2D eigenvalue weighted by Crippen LogP contribution is -1.99. The van der Waals surface area contributed by atoms with Crippen molar-refractivity contribution < 1.29 is 18.0 Å². The molecule has 0 bridgehead atoms.